The van der Waals surface area contributed by atoms with E-state index in [4.69, 9.17) is 4.74 Å². The van der Waals surface area contributed by atoms with Gasteiger partial charge in [0, 0.05) is 25.2 Å². The fraction of sp³-hybridized carbons (Fsp3) is 0.316. The molecule has 0 aliphatic carbocycles. The molecule has 2 aromatic rings. The van der Waals surface area contributed by atoms with Crippen molar-refractivity contribution in [3.8, 4) is 0 Å². The molecule has 0 saturated carbocycles. The number of nitrogens with one attached hydrogen (secondary N) is 1. The fourth-order valence-electron chi connectivity index (χ4n) is 3.33. The topological polar surface area (TPSA) is 162 Å². The number of hydrogen-bond acceptors (Lipinski definition) is 9. The van der Waals surface area contributed by atoms with Crippen LogP contribution in [-0.2, 0) is 4.74 Å². The fourth-order valence-corrected chi connectivity index (χ4v) is 4.49. The average Bonchev–Trinajstić information content (AvgIpc) is 3.40. The SMILES string of the molecule is COC(=O)c1c(NC(=O)c2cc([N+](=O)[O-])cc([N+](=O)[O-])c2)sc(C(=O)N2CCCC2)c1C. The number of thiophene rings is 1. The number of likely N-dealkylation sites (tertiary alicyclic amines) is 1. The standard InChI is InChI=1S/C19H18N4O8S/c1-10-14(19(26)31-2)17(32-15(10)18(25)21-5-3-4-6-21)20-16(24)11-7-12(22(27)28)9-13(8-11)23(29)30/h7-9H,3-6H2,1-2H3,(H,20,24). The Bertz CT molecular complexity index is 1100. The van der Waals surface area contributed by atoms with Gasteiger partial charge in [-0.1, -0.05) is 0 Å². The molecule has 0 spiro atoms. The molecule has 1 saturated heterocycles. The Morgan fingerprint density at radius 3 is 2.12 bits per heavy atom. The molecule has 32 heavy (non-hydrogen) atoms. The first-order valence-corrected chi connectivity index (χ1v) is 10.2. The van der Waals surface area contributed by atoms with Crippen LogP contribution in [0.1, 0.15) is 48.8 Å². The van der Waals surface area contributed by atoms with Gasteiger partial charge in [-0.25, -0.2) is 4.79 Å². The number of nitrogens with zero attached hydrogens (tertiary/aromatic N) is 3. The smallest absolute Gasteiger partial charge is 0.341 e. The summed E-state index contributed by atoms with van der Waals surface area (Å²) in [7, 11) is 1.15. The summed E-state index contributed by atoms with van der Waals surface area (Å²) in [6, 6.07) is 2.51. The predicted molar refractivity (Wildman–Crippen MR) is 113 cm³/mol. The van der Waals surface area contributed by atoms with Crippen LogP contribution in [0.5, 0.6) is 0 Å². The van der Waals surface area contributed by atoms with Crippen molar-refractivity contribution in [2.24, 2.45) is 0 Å². The predicted octanol–water partition coefficient (Wildman–Crippen LogP) is 3.15. The first kappa shape index (κ1) is 22.8. The molecule has 1 aliphatic heterocycles. The van der Waals surface area contributed by atoms with Gasteiger partial charge >= 0.3 is 5.97 Å². The van der Waals surface area contributed by atoms with E-state index in [9.17, 15) is 34.6 Å². The molecule has 13 heteroatoms. The Labute approximate surface area is 185 Å². The van der Waals surface area contributed by atoms with Crippen LogP contribution in [-0.4, -0.2) is 52.7 Å². The molecule has 0 atom stereocenters. The molecule has 1 aromatic carbocycles. The zero-order valence-electron chi connectivity index (χ0n) is 17.1. The van der Waals surface area contributed by atoms with Crippen LogP contribution in [0.4, 0.5) is 16.4 Å². The second-order valence-electron chi connectivity index (χ2n) is 6.96. The first-order valence-electron chi connectivity index (χ1n) is 9.40. The summed E-state index contributed by atoms with van der Waals surface area (Å²) in [6.45, 7) is 2.73. The maximum absolute atomic E-state index is 12.9. The molecule has 0 bridgehead atoms. The molecule has 0 radical (unpaired) electrons. The minimum Gasteiger partial charge on any atom is -0.465 e. The Morgan fingerprint density at radius 2 is 1.62 bits per heavy atom. The number of rotatable bonds is 6. The molecule has 168 valence electrons. The zero-order valence-corrected chi connectivity index (χ0v) is 17.9. The second-order valence-corrected chi connectivity index (χ2v) is 7.98. The van der Waals surface area contributed by atoms with Crippen LogP contribution in [0.2, 0.25) is 0 Å². The molecule has 1 N–H and O–H groups in total. The molecule has 2 heterocycles. The van der Waals surface area contributed by atoms with Gasteiger partial charge in [0.05, 0.1) is 39.0 Å². The highest BCUT2D eigenvalue weighted by Crippen LogP contribution is 2.35. The van der Waals surface area contributed by atoms with Gasteiger partial charge in [-0.3, -0.25) is 29.8 Å². The minimum atomic E-state index is -0.914. The highest BCUT2D eigenvalue weighted by Gasteiger charge is 2.30. The number of amides is 2. The summed E-state index contributed by atoms with van der Waals surface area (Å²) in [6.07, 6.45) is 1.74. The quantitative estimate of drug-likeness (QED) is 0.389. The van der Waals surface area contributed by atoms with Crippen LogP contribution < -0.4 is 5.32 Å². The zero-order chi connectivity index (χ0) is 23.6. The minimum absolute atomic E-state index is 0.0102. The lowest BCUT2D eigenvalue weighted by Crippen LogP contribution is -2.27. The first-order chi connectivity index (χ1) is 15.1. The second kappa shape index (κ2) is 9.09. The number of benzene rings is 1. The van der Waals surface area contributed by atoms with E-state index in [1.807, 2.05) is 0 Å². The summed E-state index contributed by atoms with van der Waals surface area (Å²) < 4.78 is 4.78. The lowest BCUT2D eigenvalue weighted by Gasteiger charge is -2.14. The summed E-state index contributed by atoms with van der Waals surface area (Å²) >= 11 is 0.877. The van der Waals surface area contributed by atoms with Crippen LogP contribution in [0.25, 0.3) is 0 Å². The van der Waals surface area contributed by atoms with E-state index < -0.39 is 33.1 Å². The van der Waals surface area contributed by atoms with Gasteiger partial charge in [0.15, 0.2) is 0 Å². The van der Waals surface area contributed by atoms with E-state index in [0.717, 1.165) is 49.5 Å². The van der Waals surface area contributed by atoms with Gasteiger partial charge in [-0.15, -0.1) is 11.3 Å². The van der Waals surface area contributed by atoms with Crippen molar-refractivity contribution in [2.45, 2.75) is 19.8 Å². The molecular weight excluding hydrogens is 444 g/mol. The van der Waals surface area contributed by atoms with Crippen LogP contribution in [0.3, 0.4) is 0 Å². The maximum Gasteiger partial charge on any atom is 0.341 e. The van der Waals surface area contributed by atoms with E-state index in [0.29, 0.717) is 18.7 Å². The van der Waals surface area contributed by atoms with Gasteiger partial charge in [0.1, 0.15) is 5.00 Å². The number of nitro benzene ring substituents is 2. The average molecular weight is 462 g/mol. The Hall–Kier alpha value is -3.87. The molecule has 12 nitrogen and oxygen atoms in total. The van der Waals surface area contributed by atoms with Crippen molar-refractivity contribution in [1.82, 2.24) is 4.90 Å². The molecule has 1 aromatic heterocycles. The summed E-state index contributed by atoms with van der Waals surface area (Å²) in [5.41, 5.74) is -1.30. The van der Waals surface area contributed by atoms with Crippen LogP contribution in [0.15, 0.2) is 18.2 Å². The van der Waals surface area contributed by atoms with E-state index >= 15 is 0 Å². The van der Waals surface area contributed by atoms with Crippen molar-refractivity contribution < 1.29 is 29.0 Å². The maximum atomic E-state index is 12.9. The molecule has 1 aliphatic rings. The highest BCUT2D eigenvalue weighted by atomic mass is 32.1. The number of carbonyl (C=O) groups excluding carboxylic acids is 3. The highest BCUT2D eigenvalue weighted by molar-refractivity contribution is 7.18. The normalized spacial score (nSPS) is 13.0. The van der Waals surface area contributed by atoms with Gasteiger partial charge in [0.25, 0.3) is 23.2 Å². The Balaban J connectivity index is 2.01. The van der Waals surface area contributed by atoms with Crippen LogP contribution in [0, 0.1) is 27.2 Å². The molecule has 1 fully saturated rings. The molecule has 2 amide bonds. The third-order valence-corrected chi connectivity index (χ3v) is 6.13. The lowest BCUT2D eigenvalue weighted by atomic mass is 10.1. The van der Waals surface area contributed by atoms with Crippen molar-refractivity contribution in [3.05, 3.63) is 60.0 Å². The van der Waals surface area contributed by atoms with E-state index in [2.05, 4.69) is 5.32 Å². The van der Waals surface area contributed by atoms with Gasteiger partial charge in [-0.2, -0.15) is 0 Å². The van der Waals surface area contributed by atoms with Gasteiger partial charge < -0.3 is 15.0 Å². The van der Waals surface area contributed by atoms with E-state index in [-0.39, 0.29) is 26.9 Å². The molecule has 0 unspecified atom stereocenters. The van der Waals surface area contributed by atoms with E-state index in [1.54, 1.807) is 11.8 Å². The number of nitro groups is 2. The number of hydrogen-bond donors (Lipinski definition) is 1. The largest absolute Gasteiger partial charge is 0.465 e. The Kier molecular flexibility index (Phi) is 6.48. The Morgan fingerprint density at radius 1 is 1.06 bits per heavy atom. The van der Waals surface area contributed by atoms with Gasteiger partial charge in [0.2, 0.25) is 0 Å². The molecular formula is C19H18N4O8S. The number of non-ortho nitro benzene ring substituents is 2. The third-order valence-electron chi connectivity index (χ3n) is 4.94. The van der Waals surface area contributed by atoms with Crippen LogP contribution >= 0.6 is 11.3 Å². The van der Waals surface area contributed by atoms with Crippen molar-refractivity contribution in [3.63, 3.8) is 0 Å². The van der Waals surface area contributed by atoms with Gasteiger partial charge in [-0.05, 0) is 25.3 Å². The molecule has 3 rings (SSSR count). The monoisotopic (exact) mass is 462 g/mol. The summed E-state index contributed by atoms with van der Waals surface area (Å²) in [5, 5.41) is 24.6. The van der Waals surface area contributed by atoms with Crippen molar-refractivity contribution in [2.75, 3.05) is 25.5 Å². The number of esters is 1. The van der Waals surface area contributed by atoms with E-state index in [1.165, 1.54) is 0 Å². The number of methoxy groups -OCH3 is 1. The number of anilines is 1. The number of ether oxygens (including phenoxy) is 1. The number of carbonyl (C=O) groups is 3. The lowest BCUT2D eigenvalue weighted by molar-refractivity contribution is -0.394. The third kappa shape index (κ3) is 4.42. The summed E-state index contributed by atoms with van der Waals surface area (Å²) in [4.78, 5) is 60.4. The van der Waals surface area contributed by atoms with Crippen molar-refractivity contribution >= 4 is 45.5 Å². The van der Waals surface area contributed by atoms with Crippen molar-refractivity contribution in [1.29, 1.82) is 0 Å². The summed E-state index contributed by atoms with van der Waals surface area (Å²) in [5.74, 6) is -1.97.